The molecule has 34 heavy (non-hydrogen) atoms. The Labute approximate surface area is 204 Å². The van der Waals surface area contributed by atoms with Crippen molar-refractivity contribution in [3.8, 4) is 11.5 Å². The van der Waals surface area contributed by atoms with Gasteiger partial charge in [-0.3, -0.25) is 0 Å². The fraction of sp³-hybridized carbons (Fsp3) is 0.333. The van der Waals surface area contributed by atoms with Gasteiger partial charge in [-0.05, 0) is 86.1 Å². The lowest BCUT2D eigenvalue weighted by Gasteiger charge is -2.11. The lowest BCUT2D eigenvalue weighted by molar-refractivity contribution is -0.130. The Morgan fingerprint density at radius 3 is 1.44 bits per heavy atom. The van der Waals surface area contributed by atoms with Gasteiger partial charge >= 0.3 is 11.9 Å². The van der Waals surface area contributed by atoms with E-state index in [1.165, 1.54) is 0 Å². The minimum absolute atomic E-state index is 0.371. The molecule has 0 aromatic heterocycles. The van der Waals surface area contributed by atoms with Gasteiger partial charge in [-0.25, -0.2) is 9.59 Å². The molecular weight excluding hydrogens is 424 g/mol. The molecule has 0 aliphatic rings. The average molecular weight is 461 g/mol. The van der Waals surface area contributed by atoms with E-state index in [-0.39, 0.29) is 0 Å². The molecule has 0 atom stereocenters. The Balaban J connectivity index is 2.35. The van der Waals surface area contributed by atoms with E-state index in [4.69, 9.17) is 9.47 Å². The van der Waals surface area contributed by atoms with Crippen LogP contribution in [0.1, 0.15) is 75.6 Å². The van der Waals surface area contributed by atoms with Crippen molar-refractivity contribution < 1.29 is 19.1 Å². The van der Waals surface area contributed by atoms with Crippen LogP contribution in [-0.2, 0) is 22.4 Å². The van der Waals surface area contributed by atoms with Gasteiger partial charge in [0.1, 0.15) is 11.5 Å². The molecule has 0 bridgehead atoms. The van der Waals surface area contributed by atoms with E-state index >= 15 is 0 Å². The van der Waals surface area contributed by atoms with Crippen LogP contribution in [0.2, 0.25) is 0 Å². The summed E-state index contributed by atoms with van der Waals surface area (Å²) in [6.07, 6.45) is 10.2. The zero-order valence-corrected chi connectivity index (χ0v) is 20.9. The summed E-state index contributed by atoms with van der Waals surface area (Å²) < 4.78 is 10.9. The molecule has 0 fully saturated rings. The highest BCUT2D eigenvalue weighted by atomic mass is 16.5. The number of hydrogen-bond acceptors (Lipinski definition) is 4. The fourth-order valence-corrected chi connectivity index (χ4v) is 3.35. The van der Waals surface area contributed by atoms with Crippen LogP contribution in [0.25, 0.3) is 12.2 Å². The molecule has 4 nitrogen and oxygen atoms in total. The molecule has 2 aromatic carbocycles. The van der Waals surface area contributed by atoms with Crippen molar-refractivity contribution in [2.24, 2.45) is 0 Å². The first-order valence-corrected chi connectivity index (χ1v) is 11.9. The summed E-state index contributed by atoms with van der Waals surface area (Å²) in [5.41, 5.74) is 5.18. The van der Waals surface area contributed by atoms with Crippen LogP contribution in [0.15, 0.2) is 60.7 Å². The maximum atomic E-state index is 11.9. The third-order valence-electron chi connectivity index (χ3n) is 5.39. The molecule has 2 aromatic rings. The Hall–Kier alpha value is -3.40. The normalized spacial score (nSPS) is 10.8. The summed E-state index contributed by atoms with van der Waals surface area (Å²) in [6.45, 7) is 14.9. The molecule has 0 aliphatic carbocycles. The maximum absolute atomic E-state index is 11.9. The van der Waals surface area contributed by atoms with Crippen molar-refractivity contribution in [1.29, 1.82) is 0 Å². The van der Waals surface area contributed by atoms with Crippen LogP contribution in [0.4, 0.5) is 0 Å². The van der Waals surface area contributed by atoms with Crippen LogP contribution in [0.5, 0.6) is 11.5 Å². The predicted octanol–water partition coefficient (Wildman–Crippen LogP) is 7.51. The first kappa shape index (κ1) is 26.8. The Morgan fingerprint density at radius 1 is 0.735 bits per heavy atom. The van der Waals surface area contributed by atoms with Crippen LogP contribution in [-0.4, -0.2) is 11.9 Å². The average Bonchev–Trinajstić information content (AvgIpc) is 2.81. The van der Waals surface area contributed by atoms with Crippen LogP contribution < -0.4 is 9.47 Å². The van der Waals surface area contributed by atoms with Gasteiger partial charge < -0.3 is 9.47 Å². The van der Waals surface area contributed by atoms with Gasteiger partial charge in [0.25, 0.3) is 0 Å². The number of esters is 2. The summed E-state index contributed by atoms with van der Waals surface area (Å²) in [5, 5.41) is 0. The van der Waals surface area contributed by atoms with Crippen molar-refractivity contribution in [2.75, 3.05) is 0 Å². The van der Waals surface area contributed by atoms with Crippen molar-refractivity contribution in [2.45, 2.75) is 66.2 Å². The number of unbranched alkanes of at least 4 members (excludes halogenated alkanes) is 2. The molecule has 0 unspecified atom stereocenters. The first-order chi connectivity index (χ1) is 16.2. The summed E-state index contributed by atoms with van der Waals surface area (Å²) >= 11 is 0. The molecule has 0 heterocycles. The van der Waals surface area contributed by atoms with E-state index in [1.807, 2.05) is 36.4 Å². The molecular formula is C30H36O4. The second-order valence-corrected chi connectivity index (χ2v) is 8.60. The molecule has 0 saturated carbocycles. The molecule has 0 saturated heterocycles. The Bertz CT molecular complexity index is 990. The third kappa shape index (κ3) is 8.18. The number of benzene rings is 2. The standard InChI is InChI=1S/C30H36O4/c1-7-9-11-25-19-27(33-29(31)21(3)4)17-15-23(25)13-14-24-16-18-28(34-30(32)22(5)6)20-26(24)12-10-8-2/h13-20H,3,5,7-12H2,1-2,4,6H3/b14-13+. The number of carbonyl (C=O) groups excluding carboxylic acids is 2. The van der Waals surface area contributed by atoms with E-state index in [2.05, 4.69) is 39.2 Å². The minimum Gasteiger partial charge on any atom is -0.423 e. The summed E-state index contributed by atoms with van der Waals surface area (Å²) in [5.74, 6) is 0.225. The Kier molecular flexibility index (Phi) is 10.5. The molecule has 0 spiro atoms. The summed E-state index contributed by atoms with van der Waals surface area (Å²) in [4.78, 5) is 23.8. The van der Waals surface area contributed by atoms with E-state index in [0.717, 1.165) is 60.8 Å². The van der Waals surface area contributed by atoms with Gasteiger partial charge in [0, 0.05) is 11.1 Å². The molecule has 4 heteroatoms. The van der Waals surface area contributed by atoms with Crippen LogP contribution in [0, 0.1) is 0 Å². The van der Waals surface area contributed by atoms with Gasteiger partial charge in [0.2, 0.25) is 0 Å². The summed E-state index contributed by atoms with van der Waals surface area (Å²) in [6, 6.07) is 11.5. The zero-order valence-electron chi connectivity index (χ0n) is 20.9. The molecule has 0 radical (unpaired) electrons. The topological polar surface area (TPSA) is 52.6 Å². The molecule has 2 rings (SSSR count). The van der Waals surface area contributed by atoms with Crippen LogP contribution in [0.3, 0.4) is 0 Å². The van der Waals surface area contributed by atoms with E-state index in [9.17, 15) is 9.59 Å². The summed E-state index contributed by atoms with van der Waals surface area (Å²) in [7, 11) is 0. The number of aryl methyl sites for hydroxylation is 2. The van der Waals surface area contributed by atoms with Crippen molar-refractivity contribution in [3.63, 3.8) is 0 Å². The number of carbonyl (C=O) groups is 2. The van der Waals surface area contributed by atoms with Gasteiger partial charge in [-0.1, -0.05) is 64.1 Å². The number of rotatable bonds is 12. The highest BCUT2D eigenvalue weighted by molar-refractivity contribution is 5.89. The zero-order chi connectivity index (χ0) is 25.1. The van der Waals surface area contributed by atoms with E-state index in [1.54, 1.807) is 13.8 Å². The fourth-order valence-electron chi connectivity index (χ4n) is 3.35. The van der Waals surface area contributed by atoms with E-state index in [0.29, 0.717) is 22.6 Å². The SMILES string of the molecule is C=C(C)C(=O)Oc1ccc(/C=C/c2ccc(OC(=O)C(=C)C)cc2CCCC)c(CCCC)c1. The lowest BCUT2D eigenvalue weighted by atomic mass is 9.98. The quantitative estimate of drug-likeness (QED) is 0.142. The lowest BCUT2D eigenvalue weighted by Crippen LogP contribution is -2.08. The number of hydrogen-bond donors (Lipinski definition) is 0. The van der Waals surface area contributed by atoms with Crippen molar-refractivity contribution in [3.05, 3.63) is 83.0 Å². The molecule has 180 valence electrons. The Morgan fingerprint density at radius 2 is 1.12 bits per heavy atom. The van der Waals surface area contributed by atoms with Crippen molar-refractivity contribution in [1.82, 2.24) is 0 Å². The van der Waals surface area contributed by atoms with Gasteiger partial charge in [0.05, 0.1) is 0 Å². The largest absolute Gasteiger partial charge is 0.423 e. The second-order valence-electron chi connectivity index (χ2n) is 8.60. The molecule has 0 N–H and O–H groups in total. The predicted molar refractivity (Wildman–Crippen MR) is 140 cm³/mol. The molecule has 0 amide bonds. The highest BCUT2D eigenvalue weighted by Crippen LogP contribution is 2.26. The third-order valence-corrected chi connectivity index (χ3v) is 5.39. The first-order valence-electron chi connectivity index (χ1n) is 11.9. The minimum atomic E-state index is -0.419. The van der Waals surface area contributed by atoms with E-state index < -0.39 is 11.9 Å². The molecule has 0 aliphatic heterocycles. The van der Waals surface area contributed by atoms with Crippen LogP contribution >= 0.6 is 0 Å². The number of ether oxygens (including phenoxy) is 2. The highest BCUT2D eigenvalue weighted by Gasteiger charge is 2.10. The monoisotopic (exact) mass is 460 g/mol. The second kappa shape index (κ2) is 13.3. The van der Waals surface area contributed by atoms with Gasteiger partial charge in [-0.2, -0.15) is 0 Å². The van der Waals surface area contributed by atoms with Gasteiger partial charge in [-0.15, -0.1) is 0 Å². The van der Waals surface area contributed by atoms with Gasteiger partial charge in [0.15, 0.2) is 0 Å². The van der Waals surface area contributed by atoms with Crippen molar-refractivity contribution >= 4 is 24.1 Å². The smallest absolute Gasteiger partial charge is 0.338 e. The maximum Gasteiger partial charge on any atom is 0.338 e.